The molecule has 0 saturated carbocycles. The third kappa shape index (κ3) is 6.13. The van der Waals surface area contributed by atoms with Crippen molar-refractivity contribution in [2.24, 2.45) is 10.9 Å². The number of quaternary nitrogens is 1. The van der Waals surface area contributed by atoms with Gasteiger partial charge in [-0.2, -0.15) is 18.2 Å². The van der Waals surface area contributed by atoms with Gasteiger partial charge in [0, 0.05) is 11.0 Å². The number of aliphatic carboxylic acids is 1. The Morgan fingerprint density at radius 2 is 1.83 bits per heavy atom. The minimum atomic E-state index is -5.19. The van der Waals surface area contributed by atoms with Gasteiger partial charge in [0.1, 0.15) is 5.97 Å². The van der Waals surface area contributed by atoms with E-state index in [9.17, 15) is 22.8 Å². The van der Waals surface area contributed by atoms with Crippen LogP contribution in [0.1, 0.15) is 19.4 Å². The molecule has 162 valence electrons. The summed E-state index contributed by atoms with van der Waals surface area (Å²) in [7, 11) is 0. The summed E-state index contributed by atoms with van der Waals surface area (Å²) < 4.78 is 34.1. The number of fused-ring (bicyclic) bond motifs is 1. The Balaban J connectivity index is 0.000000396. The number of nitrogens with zero attached hydrogens (tertiary/aromatic N) is 2. The van der Waals surface area contributed by atoms with Crippen molar-refractivity contribution in [1.82, 2.24) is 9.55 Å². The van der Waals surface area contributed by atoms with E-state index in [1.807, 2.05) is 38.1 Å². The number of carbonyl (C=O) groups excluding carboxylic acids is 1. The molecule has 2 aromatic rings. The van der Waals surface area contributed by atoms with E-state index in [1.54, 1.807) is 9.88 Å². The quantitative estimate of drug-likeness (QED) is 0.655. The van der Waals surface area contributed by atoms with Crippen LogP contribution in [0, 0.1) is 5.92 Å². The molecule has 1 aliphatic rings. The summed E-state index contributed by atoms with van der Waals surface area (Å²) in [5.41, 5.74) is 0.798. The highest BCUT2D eigenvalue weighted by Crippen LogP contribution is 2.20. The van der Waals surface area contributed by atoms with Gasteiger partial charge in [-0.3, -0.25) is 19.7 Å². The molecule has 3 rings (SSSR count). The van der Waals surface area contributed by atoms with Gasteiger partial charge in [0.15, 0.2) is 0 Å². The Morgan fingerprint density at radius 1 is 1.27 bits per heavy atom. The highest BCUT2D eigenvalue weighted by atomic mass is 79.9. The van der Waals surface area contributed by atoms with Crippen molar-refractivity contribution in [1.29, 1.82) is 0 Å². The van der Waals surface area contributed by atoms with Crippen molar-refractivity contribution in [2.75, 3.05) is 0 Å². The predicted molar refractivity (Wildman–Crippen MR) is 104 cm³/mol. The number of nitrogens with two attached hydrogens (primary N) is 1. The van der Waals surface area contributed by atoms with Gasteiger partial charge in [-0.25, -0.2) is 4.79 Å². The van der Waals surface area contributed by atoms with Crippen LogP contribution in [0.4, 0.5) is 24.7 Å². The molecule has 1 aromatic carbocycles. The number of H-pyrrole nitrogens is 1. The lowest BCUT2D eigenvalue weighted by molar-refractivity contribution is -0.442. The second kappa shape index (κ2) is 9.39. The molecule has 12 heteroatoms. The molecule has 0 unspecified atom stereocenters. The fourth-order valence-corrected chi connectivity index (χ4v) is 2.86. The number of carbonyl (C=O) groups is 1. The Bertz CT molecular complexity index is 1070. The van der Waals surface area contributed by atoms with Crippen LogP contribution in [0.3, 0.4) is 0 Å². The van der Waals surface area contributed by atoms with Gasteiger partial charge in [0.2, 0.25) is 17.3 Å². The molecule has 0 radical (unpaired) electrons. The van der Waals surface area contributed by atoms with Crippen LogP contribution in [0.5, 0.6) is 0 Å². The van der Waals surface area contributed by atoms with Crippen molar-refractivity contribution in [3.63, 3.8) is 0 Å². The summed E-state index contributed by atoms with van der Waals surface area (Å²) in [6.07, 6.45) is -4.57. The Labute approximate surface area is 176 Å². The molecular weight excluding hydrogens is 473 g/mol. The molecule has 1 aromatic heterocycles. The highest BCUT2D eigenvalue weighted by molar-refractivity contribution is 9.10. The maximum absolute atomic E-state index is 12.1. The number of alkyl halides is 3. The van der Waals surface area contributed by atoms with Crippen LogP contribution in [0.25, 0.3) is 0 Å². The summed E-state index contributed by atoms with van der Waals surface area (Å²) in [6, 6.07) is 7.96. The summed E-state index contributed by atoms with van der Waals surface area (Å²) in [5, 5.41) is 10.6. The number of aromatic amines is 1. The van der Waals surface area contributed by atoms with E-state index >= 15 is 0 Å². The van der Waals surface area contributed by atoms with Gasteiger partial charge in [-0.1, -0.05) is 41.9 Å². The first-order valence-corrected chi connectivity index (χ1v) is 9.49. The zero-order valence-electron chi connectivity index (χ0n) is 15.9. The zero-order valence-corrected chi connectivity index (χ0v) is 17.5. The van der Waals surface area contributed by atoms with Gasteiger partial charge in [0.25, 0.3) is 0 Å². The Kier molecular flexibility index (Phi) is 7.37. The topological polar surface area (TPSA) is 124 Å². The Morgan fingerprint density at radius 3 is 2.33 bits per heavy atom. The largest absolute Gasteiger partial charge is 0.542 e. The molecule has 0 amide bonds. The van der Waals surface area contributed by atoms with Crippen LogP contribution >= 0.6 is 15.9 Å². The zero-order chi connectivity index (χ0) is 22.6. The SMILES string of the molecule is CC(C)Cn1c2c(c(=O)[nH]c1=O)[NH2+]C(Cc1ccc(Br)cc1)=N2.O=C([O-])C(F)(F)F. The van der Waals surface area contributed by atoms with Gasteiger partial charge < -0.3 is 9.90 Å². The number of aromatic nitrogens is 2. The normalized spacial score (nSPS) is 12.8. The first-order valence-electron chi connectivity index (χ1n) is 8.70. The minimum absolute atomic E-state index is 0.286. The van der Waals surface area contributed by atoms with E-state index in [0.717, 1.165) is 15.9 Å². The van der Waals surface area contributed by atoms with Gasteiger partial charge in [-0.05, 0) is 23.6 Å². The highest BCUT2D eigenvalue weighted by Gasteiger charge is 2.29. The summed E-state index contributed by atoms with van der Waals surface area (Å²) in [4.78, 5) is 39.8. The van der Waals surface area contributed by atoms with Crippen LogP contribution in [-0.2, 0) is 17.8 Å². The molecule has 0 fully saturated rings. The standard InChI is InChI=1S/C16H17BrN4O2.C2HF3O2/c1-9(2)8-21-14-13(15(22)20-16(21)23)18-12(19-14)7-10-3-5-11(17)6-4-10;3-2(4,5)1(6)7/h3-6,9H,7-8H2,1-2H3,(H,18,19)(H,20,22,23);(H,6,7). The first-order chi connectivity index (χ1) is 13.9. The molecule has 2 heterocycles. The number of hydrogen-bond acceptors (Lipinski definition) is 5. The number of amidine groups is 1. The van der Waals surface area contributed by atoms with Crippen molar-refractivity contribution in [2.45, 2.75) is 33.0 Å². The Hall–Kier alpha value is -2.73. The maximum atomic E-state index is 12.1. The summed E-state index contributed by atoms with van der Waals surface area (Å²) in [5.74, 6) is -1.46. The number of carboxylic acid groups (broad SMARTS) is 1. The number of nitrogens with one attached hydrogen (secondary N) is 1. The van der Waals surface area contributed by atoms with E-state index < -0.39 is 17.8 Å². The van der Waals surface area contributed by atoms with Crippen LogP contribution in [0.15, 0.2) is 43.3 Å². The number of halogens is 4. The van der Waals surface area contributed by atoms with Gasteiger partial charge >= 0.3 is 17.4 Å². The van der Waals surface area contributed by atoms with Crippen molar-refractivity contribution in [3.8, 4) is 0 Å². The van der Waals surface area contributed by atoms with Gasteiger partial charge in [-0.15, -0.1) is 0 Å². The predicted octanol–water partition coefficient (Wildman–Crippen LogP) is 0.735. The van der Waals surface area contributed by atoms with E-state index in [-0.39, 0.29) is 11.5 Å². The second-order valence-electron chi connectivity index (χ2n) is 6.84. The average Bonchev–Trinajstić information content (AvgIpc) is 3.04. The molecule has 0 saturated heterocycles. The van der Waals surface area contributed by atoms with Crippen LogP contribution < -0.4 is 21.7 Å². The number of rotatable bonds is 4. The number of aliphatic imine (C=N–C) groups is 1. The van der Waals surface area contributed by atoms with E-state index in [2.05, 4.69) is 25.9 Å². The third-order valence-electron chi connectivity index (χ3n) is 3.84. The van der Waals surface area contributed by atoms with E-state index in [4.69, 9.17) is 9.90 Å². The average molecular weight is 491 g/mol. The second-order valence-corrected chi connectivity index (χ2v) is 7.75. The van der Waals surface area contributed by atoms with Crippen molar-refractivity contribution in [3.05, 3.63) is 55.1 Å². The monoisotopic (exact) mass is 490 g/mol. The summed E-state index contributed by atoms with van der Waals surface area (Å²) >= 11 is 3.41. The molecular formula is C18H18BrF3N4O4. The van der Waals surface area contributed by atoms with Crippen molar-refractivity contribution >= 4 is 39.2 Å². The molecule has 3 N–H and O–H groups in total. The van der Waals surface area contributed by atoms with Crippen LogP contribution in [-0.4, -0.2) is 27.5 Å². The first kappa shape index (κ1) is 23.5. The lowest BCUT2D eigenvalue weighted by atomic mass is 10.1. The fraction of sp³-hybridized carbons (Fsp3) is 0.333. The third-order valence-corrected chi connectivity index (χ3v) is 4.37. The lowest BCUT2D eigenvalue weighted by Crippen LogP contribution is -2.82. The summed E-state index contributed by atoms with van der Waals surface area (Å²) in [6.45, 7) is 4.57. The van der Waals surface area contributed by atoms with Crippen molar-refractivity contribution < 1.29 is 28.4 Å². The molecule has 0 atom stereocenters. The van der Waals surface area contributed by atoms with E-state index in [0.29, 0.717) is 24.5 Å². The fourth-order valence-electron chi connectivity index (χ4n) is 2.60. The number of hydrogen-bond donors (Lipinski definition) is 2. The number of carboxylic acids is 1. The minimum Gasteiger partial charge on any atom is -0.542 e. The molecule has 8 nitrogen and oxygen atoms in total. The van der Waals surface area contributed by atoms with E-state index in [1.165, 1.54) is 0 Å². The van der Waals surface area contributed by atoms with Gasteiger partial charge in [0.05, 0.1) is 6.42 Å². The molecule has 0 spiro atoms. The molecule has 0 aliphatic carbocycles. The maximum Gasteiger partial charge on any atom is 0.430 e. The number of benzene rings is 1. The lowest BCUT2D eigenvalue weighted by Gasteiger charge is -2.09. The molecule has 0 bridgehead atoms. The van der Waals surface area contributed by atoms with Crippen LogP contribution in [0.2, 0.25) is 0 Å². The molecule has 30 heavy (non-hydrogen) atoms. The molecule has 1 aliphatic heterocycles. The smallest absolute Gasteiger partial charge is 0.430 e.